The molecule has 0 aliphatic heterocycles. The Morgan fingerprint density at radius 2 is 2.07 bits per heavy atom. The molecule has 14 heavy (non-hydrogen) atoms. The molecule has 7 heteroatoms. The average Bonchev–Trinajstić information content (AvgIpc) is 2.01. The number of carboxylic acids is 1. The maximum absolute atomic E-state index is 10.2. The zero-order valence-corrected chi connectivity index (χ0v) is 9.65. The molecule has 0 saturated carbocycles. The first kappa shape index (κ1) is 14.3. The predicted octanol–water partition coefficient (Wildman–Crippen LogP) is 1.57. The molecule has 0 spiro atoms. The quantitative estimate of drug-likeness (QED) is 0.564. The number of alkyl halides is 3. The number of hydrogen-bond acceptors (Lipinski definition) is 3. The van der Waals surface area contributed by atoms with Gasteiger partial charge in [-0.2, -0.15) is 0 Å². The highest BCUT2D eigenvalue weighted by atomic mass is 35.6. The zero-order valence-electron chi connectivity index (χ0n) is 7.38. The second-order valence-corrected chi connectivity index (χ2v) is 5.00. The van der Waals surface area contributed by atoms with Crippen LogP contribution in [0.25, 0.3) is 0 Å². The summed E-state index contributed by atoms with van der Waals surface area (Å²) in [5.41, 5.74) is 5.31. The Labute approximate surface area is 97.2 Å². The number of halogens is 3. The Kier molecular flexibility index (Phi) is 6.81. The molecule has 0 amide bonds. The number of ether oxygens (including phenoxy) is 1. The van der Waals surface area contributed by atoms with Gasteiger partial charge >= 0.3 is 5.97 Å². The molecule has 3 N–H and O–H groups in total. The van der Waals surface area contributed by atoms with E-state index in [2.05, 4.69) is 0 Å². The summed E-state index contributed by atoms with van der Waals surface area (Å²) < 4.78 is 3.55. The van der Waals surface area contributed by atoms with E-state index in [1.54, 1.807) is 0 Å². The van der Waals surface area contributed by atoms with Crippen molar-refractivity contribution in [2.45, 2.75) is 22.7 Å². The van der Waals surface area contributed by atoms with E-state index in [4.69, 9.17) is 50.4 Å². The predicted molar refractivity (Wildman–Crippen MR) is 56.0 cm³/mol. The van der Waals surface area contributed by atoms with Gasteiger partial charge < -0.3 is 15.6 Å². The van der Waals surface area contributed by atoms with Gasteiger partial charge in [-0.1, -0.05) is 34.8 Å². The van der Waals surface area contributed by atoms with Gasteiger partial charge in [0.1, 0.15) is 6.10 Å². The molecule has 0 saturated heterocycles. The van der Waals surface area contributed by atoms with Crippen molar-refractivity contribution in [1.82, 2.24) is 0 Å². The van der Waals surface area contributed by atoms with Gasteiger partial charge in [-0.3, -0.25) is 4.79 Å². The molecule has 0 radical (unpaired) electrons. The summed E-state index contributed by atoms with van der Waals surface area (Å²) in [6.07, 6.45) is -0.315. The topological polar surface area (TPSA) is 72.5 Å². The molecule has 0 aliphatic carbocycles. The summed E-state index contributed by atoms with van der Waals surface area (Å²) in [5.74, 6) is -0.883. The standard InChI is InChI=1S/C7H12Cl3NO3/c8-7(9,10)5(4-11)14-3-1-2-6(12)13/h5H,1-4,11H2,(H,12,13). The van der Waals surface area contributed by atoms with Crippen LogP contribution >= 0.6 is 34.8 Å². The molecule has 0 rings (SSSR count). The molecule has 0 bridgehead atoms. The second-order valence-electron chi connectivity index (χ2n) is 2.63. The Morgan fingerprint density at radius 3 is 2.43 bits per heavy atom. The highest BCUT2D eigenvalue weighted by Gasteiger charge is 2.32. The maximum atomic E-state index is 10.2. The van der Waals surface area contributed by atoms with Gasteiger partial charge in [0.15, 0.2) is 0 Å². The number of carbonyl (C=O) groups is 1. The summed E-state index contributed by atoms with van der Waals surface area (Å²) >= 11 is 16.7. The van der Waals surface area contributed by atoms with Crippen LogP contribution in [-0.4, -0.2) is 34.1 Å². The molecule has 0 aromatic heterocycles. The Balaban J connectivity index is 3.69. The fourth-order valence-corrected chi connectivity index (χ4v) is 1.20. The number of aliphatic carboxylic acids is 1. The number of nitrogens with two attached hydrogens (primary N) is 1. The zero-order chi connectivity index (χ0) is 11.2. The highest BCUT2D eigenvalue weighted by Crippen LogP contribution is 2.31. The lowest BCUT2D eigenvalue weighted by atomic mass is 10.3. The second kappa shape index (κ2) is 6.69. The number of carboxylic acid groups (broad SMARTS) is 1. The molecule has 1 unspecified atom stereocenters. The Hall–Kier alpha value is 0.260. The highest BCUT2D eigenvalue weighted by molar-refractivity contribution is 6.68. The molecule has 84 valence electrons. The average molecular weight is 265 g/mol. The molecule has 4 nitrogen and oxygen atoms in total. The molecule has 0 fully saturated rings. The summed E-state index contributed by atoms with van der Waals surface area (Å²) in [7, 11) is 0. The van der Waals surface area contributed by atoms with Gasteiger partial charge in [-0.05, 0) is 6.42 Å². The molecular weight excluding hydrogens is 252 g/mol. The molecule has 0 heterocycles. The van der Waals surface area contributed by atoms with E-state index in [9.17, 15) is 4.79 Å². The third-order valence-corrected chi connectivity index (χ3v) is 2.16. The van der Waals surface area contributed by atoms with Crippen LogP contribution in [0.3, 0.4) is 0 Å². The summed E-state index contributed by atoms with van der Waals surface area (Å²) in [4.78, 5) is 10.2. The lowest BCUT2D eigenvalue weighted by Gasteiger charge is -2.22. The normalized spacial score (nSPS) is 14.0. The first-order valence-corrected chi connectivity index (χ1v) is 5.11. The van der Waals surface area contributed by atoms with Crippen LogP contribution in [0.1, 0.15) is 12.8 Å². The van der Waals surface area contributed by atoms with E-state index in [-0.39, 0.29) is 19.6 Å². The van der Waals surface area contributed by atoms with E-state index >= 15 is 0 Å². The van der Waals surface area contributed by atoms with Gasteiger partial charge in [-0.25, -0.2) is 0 Å². The minimum Gasteiger partial charge on any atom is -0.481 e. The first-order valence-electron chi connectivity index (χ1n) is 3.98. The van der Waals surface area contributed by atoms with Gasteiger partial charge in [0, 0.05) is 19.6 Å². The van der Waals surface area contributed by atoms with E-state index in [1.807, 2.05) is 0 Å². The molecule has 1 atom stereocenters. The molecule has 0 aliphatic rings. The third-order valence-electron chi connectivity index (χ3n) is 1.43. The fourth-order valence-electron chi connectivity index (χ4n) is 0.745. The lowest BCUT2D eigenvalue weighted by molar-refractivity contribution is -0.137. The first-order chi connectivity index (χ1) is 6.38. The van der Waals surface area contributed by atoms with Gasteiger partial charge in [-0.15, -0.1) is 0 Å². The summed E-state index contributed by atoms with van der Waals surface area (Å²) in [6.45, 7) is 0.283. The molecular formula is C7H12Cl3NO3. The fraction of sp³-hybridized carbons (Fsp3) is 0.857. The summed E-state index contributed by atoms with van der Waals surface area (Å²) in [6, 6.07) is 0. The van der Waals surface area contributed by atoms with Crippen molar-refractivity contribution in [2.75, 3.05) is 13.2 Å². The minimum atomic E-state index is -1.57. The maximum Gasteiger partial charge on any atom is 0.303 e. The van der Waals surface area contributed by atoms with Crippen molar-refractivity contribution in [2.24, 2.45) is 5.73 Å². The van der Waals surface area contributed by atoms with E-state index in [0.29, 0.717) is 6.42 Å². The number of rotatable bonds is 6. The van der Waals surface area contributed by atoms with Crippen LogP contribution in [0, 0.1) is 0 Å². The minimum absolute atomic E-state index is 0.0249. The molecule has 0 aromatic carbocycles. The summed E-state index contributed by atoms with van der Waals surface area (Å²) in [5, 5.41) is 8.34. The third kappa shape index (κ3) is 6.68. The van der Waals surface area contributed by atoms with E-state index in [1.165, 1.54) is 0 Å². The van der Waals surface area contributed by atoms with Crippen molar-refractivity contribution in [3.05, 3.63) is 0 Å². The van der Waals surface area contributed by atoms with Gasteiger partial charge in [0.05, 0.1) is 0 Å². The number of hydrogen-bond donors (Lipinski definition) is 2. The Morgan fingerprint density at radius 1 is 1.50 bits per heavy atom. The monoisotopic (exact) mass is 263 g/mol. The van der Waals surface area contributed by atoms with E-state index in [0.717, 1.165) is 0 Å². The van der Waals surface area contributed by atoms with Crippen LogP contribution in [0.5, 0.6) is 0 Å². The van der Waals surface area contributed by atoms with Crippen LogP contribution in [0.15, 0.2) is 0 Å². The van der Waals surface area contributed by atoms with Gasteiger partial charge in [0.25, 0.3) is 0 Å². The van der Waals surface area contributed by atoms with E-state index < -0.39 is 15.9 Å². The van der Waals surface area contributed by atoms with Crippen molar-refractivity contribution >= 4 is 40.8 Å². The van der Waals surface area contributed by atoms with Crippen molar-refractivity contribution < 1.29 is 14.6 Å². The van der Waals surface area contributed by atoms with Gasteiger partial charge in [0.2, 0.25) is 3.79 Å². The van der Waals surface area contributed by atoms with Crippen molar-refractivity contribution in [3.63, 3.8) is 0 Å². The largest absolute Gasteiger partial charge is 0.481 e. The van der Waals surface area contributed by atoms with Crippen molar-refractivity contribution in [3.8, 4) is 0 Å². The van der Waals surface area contributed by atoms with Crippen LogP contribution < -0.4 is 5.73 Å². The van der Waals surface area contributed by atoms with Crippen LogP contribution in [-0.2, 0) is 9.53 Å². The Bertz CT molecular complexity index is 184. The lowest BCUT2D eigenvalue weighted by Crippen LogP contribution is -2.36. The van der Waals surface area contributed by atoms with Crippen LogP contribution in [0.2, 0.25) is 0 Å². The smallest absolute Gasteiger partial charge is 0.303 e. The SMILES string of the molecule is NCC(OCCCC(=O)O)C(Cl)(Cl)Cl. The van der Waals surface area contributed by atoms with Crippen molar-refractivity contribution in [1.29, 1.82) is 0 Å². The molecule has 0 aromatic rings. The van der Waals surface area contributed by atoms with Crippen LogP contribution in [0.4, 0.5) is 0 Å².